The lowest BCUT2D eigenvalue weighted by molar-refractivity contribution is -0.385. The molecule has 0 spiro atoms. The second-order valence-electron chi connectivity index (χ2n) is 5.37. The summed E-state index contributed by atoms with van der Waals surface area (Å²) in [5, 5.41) is 10.8. The third-order valence-corrected chi connectivity index (χ3v) is 5.94. The van der Waals surface area contributed by atoms with Crippen molar-refractivity contribution >= 4 is 15.7 Å². The van der Waals surface area contributed by atoms with Gasteiger partial charge in [-0.15, -0.1) is 0 Å². The number of likely N-dealkylation sites (N-methyl/N-ethyl adjacent to an activating group) is 1. The molecule has 0 aliphatic heterocycles. The standard InChI is InChI=1S/C13H19N3O4S/c1-9-3-6-11(16(17)18)7-13(9)21(19,20)15(2)12(8-14)10-4-5-10/h3,6-7,10,12H,4-5,8,14H2,1-2H3. The molecule has 0 amide bonds. The number of nitrogens with zero attached hydrogens (tertiary/aromatic N) is 2. The Morgan fingerprint density at radius 2 is 2.10 bits per heavy atom. The fourth-order valence-electron chi connectivity index (χ4n) is 2.43. The Morgan fingerprint density at radius 3 is 2.57 bits per heavy atom. The van der Waals surface area contributed by atoms with Gasteiger partial charge >= 0.3 is 0 Å². The number of sulfonamides is 1. The van der Waals surface area contributed by atoms with Crippen LogP contribution in [0.25, 0.3) is 0 Å². The second-order valence-corrected chi connectivity index (χ2v) is 7.33. The molecule has 1 unspecified atom stereocenters. The molecule has 1 aromatic carbocycles. The van der Waals surface area contributed by atoms with Gasteiger partial charge in [0.15, 0.2) is 0 Å². The molecule has 1 saturated carbocycles. The molecule has 2 N–H and O–H groups in total. The Hall–Kier alpha value is -1.51. The van der Waals surface area contributed by atoms with Crippen molar-refractivity contribution in [2.45, 2.75) is 30.7 Å². The summed E-state index contributed by atoms with van der Waals surface area (Å²) in [7, 11) is -2.30. The summed E-state index contributed by atoms with van der Waals surface area (Å²) in [6.45, 7) is 1.87. The zero-order chi connectivity index (χ0) is 15.8. The number of aryl methyl sites for hydroxylation is 1. The van der Waals surface area contributed by atoms with Gasteiger partial charge in [-0.2, -0.15) is 4.31 Å². The molecule has 0 radical (unpaired) electrons. The maximum absolute atomic E-state index is 12.7. The van der Waals surface area contributed by atoms with E-state index < -0.39 is 14.9 Å². The number of nitrogens with two attached hydrogens (primary N) is 1. The topological polar surface area (TPSA) is 107 Å². The molecule has 21 heavy (non-hydrogen) atoms. The minimum Gasteiger partial charge on any atom is -0.329 e. The first-order valence-electron chi connectivity index (χ1n) is 6.72. The van der Waals surface area contributed by atoms with Crippen molar-refractivity contribution in [3.05, 3.63) is 33.9 Å². The van der Waals surface area contributed by atoms with Gasteiger partial charge in [0.2, 0.25) is 10.0 Å². The van der Waals surface area contributed by atoms with Crippen LogP contribution in [-0.4, -0.2) is 37.3 Å². The van der Waals surface area contributed by atoms with E-state index in [1.165, 1.54) is 23.5 Å². The molecule has 0 saturated heterocycles. The highest BCUT2D eigenvalue weighted by atomic mass is 32.2. The normalized spacial score (nSPS) is 17.0. The summed E-state index contributed by atoms with van der Waals surface area (Å²) < 4.78 is 26.7. The third kappa shape index (κ3) is 3.07. The van der Waals surface area contributed by atoms with Crippen molar-refractivity contribution in [1.82, 2.24) is 4.31 Å². The Kier molecular flexibility index (Phi) is 4.31. The molecule has 1 fully saturated rings. The summed E-state index contributed by atoms with van der Waals surface area (Å²) in [4.78, 5) is 10.2. The van der Waals surface area contributed by atoms with Crippen LogP contribution in [0.3, 0.4) is 0 Å². The van der Waals surface area contributed by atoms with Gasteiger partial charge in [-0.1, -0.05) is 6.07 Å². The minimum atomic E-state index is -3.79. The van der Waals surface area contributed by atoms with E-state index in [0.29, 0.717) is 5.56 Å². The Morgan fingerprint density at radius 1 is 1.48 bits per heavy atom. The van der Waals surface area contributed by atoms with E-state index in [1.54, 1.807) is 6.92 Å². The first kappa shape index (κ1) is 15.9. The molecular weight excluding hydrogens is 294 g/mol. The van der Waals surface area contributed by atoms with E-state index in [-0.39, 0.29) is 29.1 Å². The summed E-state index contributed by atoms with van der Waals surface area (Å²) in [5.74, 6) is 0.286. The number of hydrogen-bond donors (Lipinski definition) is 1. The summed E-state index contributed by atoms with van der Waals surface area (Å²) in [6.07, 6.45) is 1.94. The molecule has 1 atom stereocenters. The number of rotatable bonds is 6. The van der Waals surface area contributed by atoms with E-state index in [0.717, 1.165) is 18.9 Å². The maximum atomic E-state index is 12.7. The minimum absolute atomic E-state index is 0.0294. The zero-order valence-electron chi connectivity index (χ0n) is 12.0. The van der Waals surface area contributed by atoms with Gasteiger partial charge in [0.1, 0.15) is 0 Å². The molecule has 0 heterocycles. The van der Waals surface area contributed by atoms with E-state index in [4.69, 9.17) is 5.73 Å². The molecular formula is C13H19N3O4S. The van der Waals surface area contributed by atoms with Crippen molar-refractivity contribution in [2.75, 3.05) is 13.6 Å². The fourth-order valence-corrected chi connectivity index (χ4v) is 4.10. The van der Waals surface area contributed by atoms with E-state index in [1.807, 2.05) is 0 Å². The SMILES string of the molecule is Cc1ccc([N+](=O)[O-])cc1S(=O)(=O)N(C)C(CN)C1CC1. The molecule has 1 aromatic rings. The largest absolute Gasteiger partial charge is 0.329 e. The molecule has 7 nitrogen and oxygen atoms in total. The summed E-state index contributed by atoms with van der Waals surface area (Å²) >= 11 is 0. The Balaban J connectivity index is 2.43. The number of nitro benzene ring substituents is 1. The van der Waals surface area contributed by atoms with Crippen LogP contribution in [0.15, 0.2) is 23.1 Å². The van der Waals surface area contributed by atoms with Crippen LogP contribution in [0.4, 0.5) is 5.69 Å². The molecule has 0 bridgehead atoms. The first-order chi connectivity index (χ1) is 9.78. The smallest absolute Gasteiger partial charge is 0.270 e. The van der Waals surface area contributed by atoms with Crippen LogP contribution < -0.4 is 5.73 Å². The van der Waals surface area contributed by atoms with E-state index >= 15 is 0 Å². The number of non-ortho nitro benzene ring substituents is 1. The lowest BCUT2D eigenvalue weighted by atomic mass is 10.2. The molecule has 116 valence electrons. The van der Waals surface area contributed by atoms with Gasteiger partial charge < -0.3 is 5.73 Å². The van der Waals surface area contributed by atoms with Crippen LogP contribution >= 0.6 is 0 Å². The average molecular weight is 313 g/mol. The highest BCUT2D eigenvalue weighted by Crippen LogP contribution is 2.36. The summed E-state index contributed by atoms with van der Waals surface area (Å²) in [5.41, 5.74) is 5.94. The van der Waals surface area contributed by atoms with Crippen LogP contribution in [0.5, 0.6) is 0 Å². The van der Waals surface area contributed by atoms with Crippen LogP contribution in [-0.2, 0) is 10.0 Å². The molecule has 1 aliphatic rings. The zero-order valence-corrected chi connectivity index (χ0v) is 12.8. The highest BCUT2D eigenvalue weighted by molar-refractivity contribution is 7.89. The molecule has 2 rings (SSSR count). The monoisotopic (exact) mass is 313 g/mol. The van der Waals surface area contributed by atoms with Crippen molar-refractivity contribution in [3.8, 4) is 0 Å². The quantitative estimate of drug-likeness (QED) is 0.628. The van der Waals surface area contributed by atoms with Gasteiger partial charge in [-0.25, -0.2) is 8.42 Å². The maximum Gasteiger partial charge on any atom is 0.270 e. The van der Waals surface area contributed by atoms with Crippen LogP contribution in [0.1, 0.15) is 18.4 Å². The molecule has 1 aliphatic carbocycles. The Labute approximate surface area is 123 Å². The fraction of sp³-hybridized carbons (Fsp3) is 0.538. The van der Waals surface area contributed by atoms with Crippen molar-refractivity contribution < 1.29 is 13.3 Å². The van der Waals surface area contributed by atoms with Gasteiger partial charge in [0, 0.05) is 31.8 Å². The highest BCUT2D eigenvalue weighted by Gasteiger charge is 2.38. The molecule has 0 aromatic heterocycles. The Bertz CT molecular complexity index is 655. The molecule has 8 heteroatoms. The van der Waals surface area contributed by atoms with Gasteiger partial charge in [0.25, 0.3) is 5.69 Å². The summed E-state index contributed by atoms with van der Waals surface area (Å²) in [6, 6.07) is 3.61. The number of hydrogen-bond acceptors (Lipinski definition) is 5. The number of nitro groups is 1. The van der Waals surface area contributed by atoms with Crippen molar-refractivity contribution in [1.29, 1.82) is 0 Å². The van der Waals surface area contributed by atoms with Gasteiger partial charge in [-0.05, 0) is 31.2 Å². The van der Waals surface area contributed by atoms with Crippen LogP contribution in [0.2, 0.25) is 0 Å². The lowest BCUT2D eigenvalue weighted by Crippen LogP contribution is -2.43. The number of benzene rings is 1. The van der Waals surface area contributed by atoms with Crippen molar-refractivity contribution in [2.24, 2.45) is 11.7 Å². The van der Waals surface area contributed by atoms with Crippen LogP contribution in [0, 0.1) is 23.0 Å². The van der Waals surface area contributed by atoms with E-state index in [2.05, 4.69) is 0 Å². The third-order valence-electron chi connectivity index (χ3n) is 3.91. The van der Waals surface area contributed by atoms with Gasteiger partial charge in [0.05, 0.1) is 9.82 Å². The predicted molar refractivity (Wildman–Crippen MR) is 78.3 cm³/mol. The lowest BCUT2D eigenvalue weighted by Gasteiger charge is -2.26. The van der Waals surface area contributed by atoms with Crippen molar-refractivity contribution in [3.63, 3.8) is 0 Å². The second kappa shape index (κ2) is 5.70. The first-order valence-corrected chi connectivity index (χ1v) is 8.16. The van der Waals surface area contributed by atoms with Gasteiger partial charge in [-0.3, -0.25) is 10.1 Å². The van der Waals surface area contributed by atoms with E-state index in [9.17, 15) is 18.5 Å². The predicted octanol–water partition coefficient (Wildman–Crippen LogP) is 1.26. The average Bonchev–Trinajstić information content (AvgIpc) is 3.24.